The lowest BCUT2D eigenvalue weighted by Gasteiger charge is -2.36. The van der Waals surface area contributed by atoms with Crippen molar-refractivity contribution in [2.24, 2.45) is 5.73 Å². The summed E-state index contributed by atoms with van der Waals surface area (Å²) in [5.41, 5.74) is 4.49. The number of carbonyl (C=O) groups excluding carboxylic acids is 1. The Morgan fingerprint density at radius 1 is 1.36 bits per heavy atom. The molecule has 0 spiro atoms. The molecule has 0 aromatic carbocycles. The normalized spacial score (nSPS) is 19.8. The highest BCUT2D eigenvalue weighted by Crippen LogP contribution is 2.08. The van der Waals surface area contributed by atoms with Gasteiger partial charge in [0.25, 0.3) is 0 Å². The standard InChI is InChI=1S/C9H19N3O2/c1-9(2,14)7-11-3-5-12(6-4-11)8(10)13/h14H,3-7H2,1-2H3,(H2,10,13). The molecule has 1 aliphatic rings. The van der Waals surface area contributed by atoms with Crippen LogP contribution in [0.5, 0.6) is 0 Å². The third-order valence-electron chi connectivity index (χ3n) is 2.29. The van der Waals surface area contributed by atoms with Crippen molar-refractivity contribution in [2.75, 3.05) is 32.7 Å². The van der Waals surface area contributed by atoms with Crippen LogP contribution in [-0.4, -0.2) is 59.3 Å². The molecule has 1 fully saturated rings. The van der Waals surface area contributed by atoms with Crippen LogP contribution in [0.3, 0.4) is 0 Å². The fourth-order valence-electron chi connectivity index (χ4n) is 1.67. The third kappa shape index (κ3) is 3.51. The molecule has 0 saturated carbocycles. The van der Waals surface area contributed by atoms with Crippen molar-refractivity contribution in [3.8, 4) is 0 Å². The summed E-state index contributed by atoms with van der Waals surface area (Å²) < 4.78 is 0. The Morgan fingerprint density at radius 2 is 1.86 bits per heavy atom. The van der Waals surface area contributed by atoms with Crippen LogP contribution in [-0.2, 0) is 0 Å². The summed E-state index contributed by atoms with van der Waals surface area (Å²) in [6.07, 6.45) is 0. The number of rotatable bonds is 2. The number of β-amino-alcohol motifs (C(OH)–C–C–N with tert-alkyl or cyclic N) is 1. The molecular weight excluding hydrogens is 182 g/mol. The average molecular weight is 201 g/mol. The van der Waals surface area contributed by atoms with Crippen molar-refractivity contribution >= 4 is 6.03 Å². The number of nitrogens with two attached hydrogens (primary N) is 1. The minimum absolute atomic E-state index is 0.354. The van der Waals surface area contributed by atoms with Gasteiger partial charge in [-0.15, -0.1) is 0 Å². The molecule has 1 aliphatic heterocycles. The Bertz CT molecular complexity index is 205. The highest BCUT2D eigenvalue weighted by atomic mass is 16.3. The molecule has 1 heterocycles. The number of primary amides is 1. The van der Waals surface area contributed by atoms with Crippen LogP contribution in [0.2, 0.25) is 0 Å². The molecule has 1 rings (SSSR count). The predicted molar refractivity (Wildman–Crippen MR) is 53.9 cm³/mol. The maximum absolute atomic E-state index is 10.8. The first kappa shape index (κ1) is 11.3. The van der Waals surface area contributed by atoms with Crippen molar-refractivity contribution in [3.05, 3.63) is 0 Å². The van der Waals surface area contributed by atoms with Crippen molar-refractivity contribution < 1.29 is 9.90 Å². The van der Waals surface area contributed by atoms with E-state index in [0.29, 0.717) is 19.6 Å². The number of hydrogen-bond acceptors (Lipinski definition) is 3. The molecule has 82 valence electrons. The molecule has 0 aliphatic carbocycles. The number of aliphatic hydroxyl groups is 1. The van der Waals surface area contributed by atoms with E-state index in [-0.39, 0.29) is 6.03 Å². The van der Waals surface area contributed by atoms with Gasteiger partial charge in [0, 0.05) is 32.7 Å². The SMILES string of the molecule is CC(C)(O)CN1CCN(C(N)=O)CC1. The first-order chi connectivity index (χ1) is 6.38. The lowest BCUT2D eigenvalue weighted by molar-refractivity contribution is 0.0229. The maximum Gasteiger partial charge on any atom is 0.314 e. The minimum atomic E-state index is -0.672. The molecule has 0 unspecified atom stereocenters. The van der Waals surface area contributed by atoms with Crippen molar-refractivity contribution in [1.82, 2.24) is 9.80 Å². The first-order valence-corrected chi connectivity index (χ1v) is 4.87. The second-order valence-electron chi connectivity index (χ2n) is 4.41. The summed E-state index contributed by atoms with van der Waals surface area (Å²) in [4.78, 5) is 14.6. The Labute approximate surface area is 84.5 Å². The fourth-order valence-corrected chi connectivity index (χ4v) is 1.67. The van der Waals surface area contributed by atoms with Gasteiger partial charge >= 0.3 is 6.03 Å². The first-order valence-electron chi connectivity index (χ1n) is 4.87. The smallest absolute Gasteiger partial charge is 0.314 e. The van der Waals surface area contributed by atoms with E-state index in [2.05, 4.69) is 4.90 Å². The zero-order valence-corrected chi connectivity index (χ0v) is 8.86. The van der Waals surface area contributed by atoms with Crippen LogP contribution in [0.1, 0.15) is 13.8 Å². The maximum atomic E-state index is 10.8. The van der Waals surface area contributed by atoms with Gasteiger partial charge in [-0.05, 0) is 13.8 Å². The van der Waals surface area contributed by atoms with Gasteiger partial charge in [-0.1, -0.05) is 0 Å². The monoisotopic (exact) mass is 201 g/mol. The van der Waals surface area contributed by atoms with E-state index in [0.717, 1.165) is 13.1 Å². The Balaban J connectivity index is 2.33. The topological polar surface area (TPSA) is 69.8 Å². The predicted octanol–water partition coefficient (Wildman–Crippen LogP) is -0.546. The molecule has 3 N–H and O–H groups in total. The lowest BCUT2D eigenvalue weighted by atomic mass is 10.1. The van der Waals surface area contributed by atoms with E-state index in [1.807, 2.05) is 0 Å². The van der Waals surface area contributed by atoms with Crippen molar-refractivity contribution in [3.63, 3.8) is 0 Å². The van der Waals surface area contributed by atoms with E-state index < -0.39 is 5.60 Å². The van der Waals surface area contributed by atoms with E-state index >= 15 is 0 Å². The molecular formula is C9H19N3O2. The summed E-state index contributed by atoms with van der Waals surface area (Å²) in [6.45, 7) is 7.09. The van der Waals surface area contributed by atoms with Crippen LogP contribution in [0.4, 0.5) is 4.79 Å². The number of urea groups is 1. The zero-order chi connectivity index (χ0) is 10.8. The van der Waals surface area contributed by atoms with Gasteiger partial charge in [-0.25, -0.2) is 4.79 Å². The second kappa shape index (κ2) is 4.14. The minimum Gasteiger partial charge on any atom is -0.389 e. The molecule has 0 aromatic heterocycles. The van der Waals surface area contributed by atoms with E-state index in [1.165, 1.54) is 0 Å². The average Bonchev–Trinajstić information content (AvgIpc) is 2.02. The number of carbonyl (C=O) groups is 1. The summed E-state index contributed by atoms with van der Waals surface area (Å²) in [7, 11) is 0. The van der Waals surface area contributed by atoms with Gasteiger partial charge in [-0.2, -0.15) is 0 Å². The molecule has 14 heavy (non-hydrogen) atoms. The third-order valence-corrected chi connectivity index (χ3v) is 2.29. The lowest BCUT2D eigenvalue weighted by Crippen LogP contribution is -2.53. The van der Waals surface area contributed by atoms with Crippen LogP contribution < -0.4 is 5.73 Å². The summed E-state index contributed by atoms with van der Waals surface area (Å²) >= 11 is 0. The summed E-state index contributed by atoms with van der Waals surface area (Å²) in [5.74, 6) is 0. The largest absolute Gasteiger partial charge is 0.389 e. The Hall–Kier alpha value is -0.810. The van der Waals surface area contributed by atoms with E-state index in [1.54, 1.807) is 18.7 Å². The van der Waals surface area contributed by atoms with Gasteiger partial charge in [0.05, 0.1) is 5.60 Å². The Kier molecular flexibility index (Phi) is 3.34. The summed E-state index contributed by atoms with van der Waals surface area (Å²) in [6, 6.07) is -0.354. The number of amides is 2. The Morgan fingerprint density at radius 3 is 2.21 bits per heavy atom. The molecule has 0 radical (unpaired) electrons. The van der Waals surface area contributed by atoms with Gasteiger partial charge in [0.2, 0.25) is 0 Å². The van der Waals surface area contributed by atoms with Gasteiger partial charge in [0.1, 0.15) is 0 Å². The van der Waals surface area contributed by atoms with Crippen molar-refractivity contribution in [2.45, 2.75) is 19.4 Å². The second-order valence-corrected chi connectivity index (χ2v) is 4.41. The van der Waals surface area contributed by atoms with Gasteiger partial charge in [0.15, 0.2) is 0 Å². The van der Waals surface area contributed by atoms with Crippen LogP contribution in [0.15, 0.2) is 0 Å². The molecule has 1 saturated heterocycles. The molecule has 0 bridgehead atoms. The number of hydrogen-bond donors (Lipinski definition) is 2. The molecule has 5 heteroatoms. The van der Waals surface area contributed by atoms with E-state index in [4.69, 9.17) is 5.73 Å². The van der Waals surface area contributed by atoms with Crippen LogP contribution in [0, 0.1) is 0 Å². The quantitative estimate of drug-likeness (QED) is 0.630. The highest BCUT2D eigenvalue weighted by molar-refractivity contribution is 5.72. The molecule has 0 atom stereocenters. The summed E-state index contributed by atoms with van der Waals surface area (Å²) in [5, 5.41) is 9.60. The fraction of sp³-hybridized carbons (Fsp3) is 0.889. The van der Waals surface area contributed by atoms with Crippen LogP contribution >= 0.6 is 0 Å². The molecule has 5 nitrogen and oxygen atoms in total. The number of piperazine rings is 1. The van der Waals surface area contributed by atoms with Gasteiger partial charge in [-0.3, -0.25) is 4.90 Å². The van der Waals surface area contributed by atoms with Crippen LogP contribution in [0.25, 0.3) is 0 Å². The molecule has 0 aromatic rings. The van der Waals surface area contributed by atoms with Crippen molar-refractivity contribution in [1.29, 1.82) is 0 Å². The van der Waals surface area contributed by atoms with E-state index in [9.17, 15) is 9.90 Å². The van der Waals surface area contributed by atoms with Gasteiger partial charge < -0.3 is 15.7 Å². The number of nitrogens with zero attached hydrogens (tertiary/aromatic N) is 2. The zero-order valence-electron chi connectivity index (χ0n) is 8.86. The highest BCUT2D eigenvalue weighted by Gasteiger charge is 2.23. The molecule has 2 amide bonds.